The number of nitrogens with two attached hydrogens (primary N) is 1. The highest BCUT2D eigenvalue weighted by Gasteiger charge is 2.02. The number of benzene rings is 1. The summed E-state index contributed by atoms with van der Waals surface area (Å²) in [5, 5.41) is 0. The van der Waals surface area contributed by atoms with Crippen molar-refractivity contribution in [3.63, 3.8) is 0 Å². The summed E-state index contributed by atoms with van der Waals surface area (Å²) in [7, 11) is 0. The van der Waals surface area contributed by atoms with Crippen LogP contribution in [-0.2, 0) is 0 Å². The fourth-order valence-electron chi connectivity index (χ4n) is 1.45. The summed E-state index contributed by atoms with van der Waals surface area (Å²) in [6, 6.07) is 9.14. The van der Waals surface area contributed by atoms with Crippen LogP contribution < -0.4 is 5.73 Å². The summed E-state index contributed by atoms with van der Waals surface area (Å²) in [5.74, 6) is 0. The van der Waals surface area contributed by atoms with Gasteiger partial charge in [-0.25, -0.2) is 0 Å². The maximum Gasteiger partial charge on any atom is 0.150 e. The van der Waals surface area contributed by atoms with Gasteiger partial charge >= 0.3 is 0 Å². The third-order valence-corrected chi connectivity index (χ3v) is 2.19. The first-order valence-corrected chi connectivity index (χ1v) is 4.56. The van der Waals surface area contributed by atoms with Gasteiger partial charge in [0.2, 0.25) is 0 Å². The molecule has 0 aliphatic carbocycles. The third kappa shape index (κ3) is 1.86. The van der Waals surface area contributed by atoms with Crippen LogP contribution >= 0.6 is 0 Å². The van der Waals surface area contributed by atoms with Gasteiger partial charge in [-0.3, -0.25) is 9.78 Å². The smallest absolute Gasteiger partial charge is 0.150 e. The molecular weight excluding hydrogens is 188 g/mol. The van der Waals surface area contributed by atoms with E-state index in [1.807, 2.05) is 18.2 Å². The van der Waals surface area contributed by atoms with Gasteiger partial charge in [-0.2, -0.15) is 0 Å². The van der Waals surface area contributed by atoms with Crippen LogP contribution in [0.2, 0.25) is 0 Å². The maximum atomic E-state index is 10.6. The molecule has 0 amide bonds. The van der Waals surface area contributed by atoms with Crippen molar-refractivity contribution >= 4 is 12.0 Å². The molecule has 74 valence electrons. The van der Waals surface area contributed by atoms with Gasteiger partial charge in [0.15, 0.2) is 0 Å². The Balaban J connectivity index is 2.54. The Morgan fingerprint density at radius 3 is 2.87 bits per heavy atom. The zero-order chi connectivity index (χ0) is 10.7. The fourth-order valence-corrected chi connectivity index (χ4v) is 1.45. The lowest BCUT2D eigenvalue weighted by Crippen LogP contribution is -1.91. The molecule has 2 aromatic rings. The summed E-state index contributed by atoms with van der Waals surface area (Å²) in [6.45, 7) is 0. The first-order valence-electron chi connectivity index (χ1n) is 4.56. The van der Waals surface area contributed by atoms with Gasteiger partial charge in [0.1, 0.15) is 6.29 Å². The maximum absolute atomic E-state index is 10.6. The number of carbonyl (C=O) groups excluding carboxylic acids is 1. The van der Waals surface area contributed by atoms with Gasteiger partial charge in [-0.05, 0) is 17.7 Å². The van der Waals surface area contributed by atoms with Crippen LogP contribution in [0.1, 0.15) is 10.4 Å². The Hall–Kier alpha value is -2.16. The topological polar surface area (TPSA) is 56.0 Å². The second-order valence-corrected chi connectivity index (χ2v) is 3.21. The van der Waals surface area contributed by atoms with Gasteiger partial charge in [0.25, 0.3) is 0 Å². The highest BCUT2D eigenvalue weighted by Crippen LogP contribution is 2.24. The van der Waals surface area contributed by atoms with Crippen molar-refractivity contribution in [2.24, 2.45) is 0 Å². The van der Waals surface area contributed by atoms with E-state index in [0.717, 1.165) is 17.4 Å². The molecule has 0 bridgehead atoms. The van der Waals surface area contributed by atoms with Crippen molar-refractivity contribution in [2.75, 3.05) is 5.73 Å². The molecule has 1 heterocycles. The number of aldehydes is 1. The van der Waals surface area contributed by atoms with Gasteiger partial charge in [-0.1, -0.05) is 18.2 Å². The van der Waals surface area contributed by atoms with Crippen molar-refractivity contribution in [1.82, 2.24) is 4.98 Å². The molecule has 0 fully saturated rings. The summed E-state index contributed by atoms with van der Waals surface area (Å²) in [5.41, 5.74) is 8.87. The van der Waals surface area contributed by atoms with Gasteiger partial charge in [-0.15, -0.1) is 0 Å². The van der Waals surface area contributed by atoms with Crippen molar-refractivity contribution in [3.8, 4) is 11.1 Å². The number of nitrogens with zero attached hydrogens (tertiary/aromatic N) is 1. The molecule has 0 unspecified atom stereocenters. The van der Waals surface area contributed by atoms with E-state index in [0.29, 0.717) is 11.3 Å². The van der Waals surface area contributed by atoms with Crippen molar-refractivity contribution in [2.45, 2.75) is 0 Å². The molecule has 1 aromatic heterocycles. The molecule has 0 saturated carbocycles. The Morgan fingerprint density at radius 2 is 2.13 bits per heavy atom. The lowest BCUT2D eigenvalue weighted by Gasteiger charge is -2.04. The van der Waals surface area contributed by atoms with E-state index in [2.05, 4.69) is 4.98 Å². The number of hydrogen-bond donors (Lipinski definition) is 1. The summed E-state index contributed by atoms with van der Waals surface area (Å²) in [4.78, 5) is 14.5. The average molecular weight is 198 g/mol. The Morgan fingerprint density at radius 1 is 1.27 bits per heavy atom. The molecule has 15 heavy (non-hydrogen) atoms. The largest absolute Gasteiger partial charge is 0.397 e. The second-order valence-electron chi connectivity index (χ2n) is 3.21. The summed E-state index contributed by atoms with van der Waals surface area (Å²) in [6.07, 6.45) is 4.10. The first kappa shape index (κ1) is 9.40. The Labute approximate surface area is 87.6 Å². The number of anilines is 1. The molecule has 2 N–H and O–H groups in total. The van der Waals surface area contributed by atoms with Crippen molar-refractivity contribution in [3.05, 3.63) is 48.3 Å². The van der Waals surface area contributed by atoms with E-state index in [1.165, 1.54) is 0 Å². The van der Waals surface area contributed by atoms with Gasteiger partial charge in [0.05, 0.1) is 11.9 Å². The zero-order valence-electron chi connectivity index (χ0n) is 8.05. The van der Waals surface area contributed by atoms with Crippen molar-refractivity contribution in [1.29, 1.82) is 0 Å². The number of hydrogen-bond acceptors (Lipinski definition) is 3. The summed E-state index contributed by atoms with van der Waals surface area (Å²) >= 11 is 0. The van der Waals surface area contributed by atoms with E-state index in [9.17, 15) is 4.79 Å². The average Bonchev–Trinajstić information content (AvgIpc) is 2.30. The second kappa shape index (κ2) is 3.92. The summed E-state index contributed by atoms with van der Waals surface area (Å²) < 4.78 is 0. The number of nitrogen functional groups attached to an aromatic ring is 1. The predicted octanol–water partition coefficient (Wildman–Crippen LogP) is 2.14. The monoisotopic (exact) mass is 198 g/mol. The normalized spacial score (nSPS) is 9.87. The molecule has 0 aliphatic heterocycles. The number of aromatic nitrogens is 1. The number of carbonyl (C=O) groups is 1. The van der Waals surface area contributed by atoms with Crippen LogP contribution in [0.4, 0.5) is 5.69 Å². The standard InChI is InChI=1S/C12H10N2O/c13-12-7-14-5-4-11(12)10-3-1-2-9(6-10)8-15/h1-8H,13H2. The molecule has 3 nitrogen and oxygen atoms in total. The zero-order valence-corrected chi connectivity index (χ0v) is 8.05. The minimum Gasteiger partial charge on any atom is -0.397 e. The van der Waals surface area contributed by atoms with Crippen LogP contribution in [0.5, 0.6) is 0 Å². The van der Waals surface area contributed by atoms with Crippen LogP contribution in [0.25, 0.3) is 11.1 Å². The Kier molecular flexibility index (Phi) is 2.46. The van der Waals surface area contributed by atoms with Gasteiger partial charge < -0.3 is 5.73 Å². The lowest BCUT2D eigenvalue weighted by molar-refractivity contribution is 0.112. The van der Waals surface area contributed by atoms with Crippen LogP contribution in [-0.4, -0.2) is 11.3 Å². The quantitative estimate of drug-likeness (QED) is 0.752. The van der Waals surface area contributed by atoms with Crippen LogP contribution in [0, 0.1) is 0 Å². The van der Waals surface area contributed by atoms with Crippen LogP contribution in [0.15, 0.2) is 42.7 Å². The highest BCUT2D eigenvalue weighted by molar-refractivity contribution is 5.82. The minimum absolute atomic E-state index is 0.612. The molecule has 0 radical (unpaired) electrons. The van der Waals surface area contributed by atoms with E-state index in [4.69, 9.17) is 5.73 Å². The fraction of sp³-hybridized carbons (Fsp3) is 0. The molecule has 0 saturated heterocycles. The molecular formula is C12H10N2O. The number of pyridine rings is 1. The van der Waals surface area contributed by atoms with Crippen molar-refractivity contribution < 1.29 is 4.79 Å². The number of rotatable bonds is 2. The van der Waals surface area contributed by atoms with E-state index in [-0.39, 0.29) is 0 Å². The van der Waals surface area contributed by atoms with E-state index in [1.54, 1.807) is 24.5 Å². The van der Waals surface area contributed by atoms with E-state index < -0.39 is 0 Å². The molecule has 3 heteroatoms. The first-order chi connectivity index (χ1) is 7.31. The SMILES string of the molecule is Nc1cnccc1-c1cccc(C=O)c1. The predicted molar refractivity (Wildman–Crippen MR) is 59.5 cm³/mol. The third-order valence-electron chi connectivity index (χ3n) is 2.19. The van der Waals surface area contributed by atoms with Crippen LogP contribution in [0.3, 0.4) is 0 Å². The highest BCUT2D eigenvalue weighted by atomic mass is 16.1. The van der Waals surface area contributed by atoms with E-state index >= 15 is 0 Å². The minimum atomic E-state index is 0.612. The molecule has 0 aliphatic rings. The van der Waals surface area contributed by atoms with Gasteiger partial charge in [0, 0.05) is 17.3 Å². The molecule has 2 rings (SSSR count). The Bertz CT molecular complexity index is 494. The lowest BCUT2D eigenvalue weighted by atomic mass is 10.0. The molecule has 1 aromatic carbocycles. The molecule has 0 spiro atoms. The molecule has 0 atom stereocenters.